The lowest BCUT2D eigenvalue weighted by atomic mass is 9.85. The molecule has 0 unspecified atom stereocenters. The maximum atomic E-state index is 5.47. The first-order chi connectivity index (χ1) is 38.2. The van der Waals surface area contributed by atoms with E-state index < -0.39 is 0 Å². The summed E-state index contributed by atoms with van der Waals surface area (Å²) in [6.07, 6.45) is 0. The average Bonchev–Trinajstić information content (AvgIpc) is 3.63. The second-order valence-corrected chi connectivity index (χ2v) is 19.0. The van der Waals surface area contributed by atoms with Gasteiger partial charge < -0.3 is 4.90 Å². The van der Waals surface area contributed by atoms with Gasteiger partial charge in [-0.25, -0.2) is 29.9 Å². The number of benzene rings is 12. The Morgan fingerprint density at radius 3 is 0.844 bits per heavy atom. The molecule has 360 valence electrons. The van der Waals surface area contributed by atoms with Gasteiger partial charge >= 0.3 is 0 Å². The Kier molecular flexibility index (Phi) is 11.4. The number of nitrogens with zero attached hydrogens (tertiary/aromatic N) is 7. The minimum absolute atomic E-state index is 0.549. The van der Waals surface area contributed by atoms with Crippen molar-refractivity contribution in [1.82, 2.24) is 29.9 Å². The van der Waals surface area contributed by atoms with E-state index in [4.69, 9.17) is 29.9 Å². The number of para-hydroxylation sites is 2. The number of hydrogen-bond donors (Lipinski definition) is 0. The SMILES string of the molecule is c1ccc(-c2nc(-c3ccccc3)nc(-c3c4ccccc4c(-c4nc(-c5ccccc5)nc(-c5ccccc5)n4)c4cc5c(cc34)c(-c3ccccc3)c(N(c3ccccc3)c3ccccc3)c3ccccc35)n2)cc1. The van der Waals surface area contributed by atoms with E-state index in [1.807, 2.05) is 72.8 Å². The molecule has 0 fully saturated rings. The van der Waals surface area contributed by atoms with E-state index in [1.165, 1.54) is 0 Å². The van der Waals surface area contributed by atoms with Crippen molar-refractivity contribution in [1.29, 1.82) is 0 Å². The minimum atomic E-state index is 0.549. The minimum Gasteiger partial charge on any atom is -0.309 e. The molecule has 0 aliphatic heterocycles. The summed E-state index contributed by atoms with van der Waals surface area (Å²) in [4.78, 5) is 34.6. The van der Waals surface area contributed by atoms with Crippen LogP contribution >= 0.6 is 0 Å². The van der Waals surface area contributed by atoms with E-state index in [2.05, 4.69) is 205 Å². The zero-order valence-electron chi connectivity index (χ0n) is 41.6. The summed E-state index contributed by atoms with van der Waals surface area (Å²) in [5, 5.41) is 8.10. The molecule has 12 aromatic carbocycles. The zero-order chi connectivity index (χ0) is 51.1. The van der Waals surface area contributed by atoms with Gasteiger partial charge in [0.1, 0.15) is 0 Å². The van der Waals surface area contributed by atoms with Crippen LogP contribution in [0.2, 0.25) is 0 Å². The predicted molar refractivity (Wildman–Crippen MR) is 316 cm³/mol. The first-order valence-electron chi connectivity index (χ1n) is 25.8. The quantitative estimate of drug-likeness (QED) is 0.0997. The summed E-state index contributed by atoms with van der Waals surface area (Å²) in [6, 6.07) is 94.9. The molecule has 7 heteroatoms. The lowest BCUT2D eigenvalue weighted by Gasteiger charge is -2.31. The summed E-state index contributed by atoms with van der Waals surface area (Å²) in [7, 11) is 0. The molecule has 0 saturated heterocycles. The van der Waals surface area contributed by atoms with Crippen molar-refractivity contribution in [3.8, 4) is 79.5 Å². The topological polar surface area (TPSA) is 80.6 Å². The van der Waals surface area contributed by atoms with E-state index in [9.17, 15) is 0 Å². The Hall–Kier alpha value is -10.5. The van der Waals surface area contributed by atoms with Crippen LogP contribution in [0.4, 0.5) is 17.1 Å². The Labute approximate surface area is 445 Å². The number of fused-ring (bicyclic) bond motifs is 5. The summed E-state index contributed by atoms with van der Waals surface area (Å²) < 4.78 is 0. The number of rotatable bonds is 10. The number of aromatic nitrogens is 6. The van der Waals surface area contributed by atoms with Gasteiger partial charge in [0.15, 0.2) is 34.9 Å². The van der Waals surface area contributed by atoms with Gasteiger partial charge in [-0.05, 0) is 79.7 Å². The van der Waals surface area contributed by atoms with Gasteiger partial charge in [0.25, 0.3) is 0 Å². The predicted octanol–water partition coefficient (Wildman–Crippen LogP) is 17.8. The van der Waals surface area contributed by atoms with Crippen LogP contribution in [0.3, 0.4) is 0 Å². The average molecular weight is 984 g/mol. The fourth-order valence-corrected chi connectivity index (χ4v) is 10.9. The van der Waals surface area contributed by atoms with Gasteiger partial charge in [0, 0.05) is 55.7 Å². The second-order valence-electron chi connectivity index (χ2n) is 19.0. The van der Waals surface area contributed by atoms with Gasteiger partial charge in [-0.2, -0.15) is 0 Å². The first-order valence-corrected chi connectivity index (χ1v) is 25.8. The van der Waals surface area contributed by atoms with E-state index in [-0.39, 0.29) is 0 Å². The van der Waals surface area contributed by atoms with E-state index in [0.29, 0.717) is 34.9 Å². The van der Waals surface area contributed by atoms with Gasteiger partial charge in [-0.1, -0.05) is 237 Å². The Bertz CT molecular complexity index is 4310. The fourth-order valence-electron chi connectivity index (χ4n) is 10.9. The van der Waals surface area contributed by atoms with Crippen LogP contribution < -0.4 is 4.90 Å². The van der Waals surface area contributed by atoms with E-state index in [0.717, 1.165) is 105 Å². The molecule has 0 radical (unpaired) electrons. The molecule has 77 heavy (non-hydrogen) atoms. The molecule has 0 aliphatic rings. The van der Waals surface area contributed by atoms with Crippen molar-refractivity contribution >= 4 is 60.2 Å². The van der Waals surface area contributed by atoms with Crippen LogP contribution in [0.1, 0.15) is 0 Å². The summed E-state index contributed by atoms with van der Waals surface area (Å²) in [5.74, 6) is 3.42. The Morgan fingerprint density at radius 2 is 0.468 bits per heavy atom. The van der Waals surface area contributed by atoms with Gasteiger partial charge in [0.05, 0.1) is 5.69 Å². The first kappa shape index (κ1) is 45.1. The molecule has 0 bridgehead atoms. The highest BCUT2D eigenvalue weighted by Gasteiger charge is 2.28. The van der Waals surface area contributed by atoms with Crippen LogP contribution in [-0.4, -0.2) is 29.9 Å². The van der Waals surface area contributed by atoms with Gasteiger partial charge in [-0.15, -0.1) is 0 Å². The summed E-state index contributed by atoms with van der Waals surface area (Å²) in [5.41, 5.74) is 10.6. The third-order valence-corrected chi connectivity index (χ3v) is 14.3. The normalized spacial score (nSPS) is 11.4. The highest BCUT2D eigenvalue weighted by atomic mass is 15.1. The zero-order valence-corrected chi connectivity index (χ0v) is 41.6. The molecule has 0 aliphatic carbocycles. The van der Waals surface area contributed by atoms with Gasteiger partial charge in [0.2, 0.25) is 0 Å². The molecule has 0 atom stereocenters. The van der Waals surface area contributed by atoms with Crippen LogP contribution in [0.15, 0.2) is 273 Å². The van der Waals surface area contributed by atoms with E-state index in [1.54, 1.807) is 0 Å². The summed E-state index contributed by atoms with van der Waals surface area (Å²) in [6.45, 7) is 0. The fraction of sp³-hybridized carbons (Fsp3) is 0. The van der Waals surface area contributed by atoms with Crippen molar-refractivity contribution in [2.45, 2.75) is 0 Å². The maximum Gasteiger partial charge on any atom is 0.165 e. The second kappa shape index (κ2) is 19.4. The molecular weight excluding hydrogens is 939 g/mol. The molecule has 2 heterocycles. The monoisotopic (exact) mass is 983 g/mol. The van der Waals surface area contributed by atoms with Crippen LogP contribution in [0, 0.1) is 0 Å². The molecule has 0 amide bonds. The molecule has 14 aromatic rings. The third kappa shape index (κ3) is 8.20. The number of hydrogen-bond acceptors (Lipinski definition) is 7. The molecule has 2 aromatic heterocycles. The Balaban J connectivity index is 1.19. The summed E-state index contributed by atoms with van der Waals surface area (Å²) >= 11 is 0. The molecule has 0 saturated carbocycles. The van der Waals surface area contributed by atoms with E-state index >= 15 is 0 Å². The third-order valence-electron chi connectivity index (χ3n) is 14.3. The largest absolute Gasteiger partial charge is 0.309 e. The van der Waals surface area contributed by atoms with Crippen molar-refractivity contribution in [3.05, 3.63) is 273 Å². The van der Waals surface area contributed by atoms with Crippen molar-refractivity contribution in [3.63, 3.8) is 0 Å². The maximum absolute atomic E-state index is 5.47. The molecular formula is C70H45N7. The molecule has 0 N–H and O–H groups in total. The smallest absolute Gasteiger partial charge is 0.165 e. The van der Waals surface area contributed by atoms with Crippen LogP contribution in [0.25, 0.3) is 123 Å². The lowest BCUT2D eigenvalue weighted by Crippen LogP contribution is -2.12. The highest BCUT2D eigenvalue weighted by Crippen LogP contribution is 2.52. The standard InChI is InChI=1S/C70H45N7/c1-8-26-46(27-9-1)61-58-45-60-59(44-57(58)53-40-22-25-43-56(53)64(61)77(51-36-18-6-19-37-51)52-38-20-7-21-39-52)62(69-73-65(47-28-10-2-11-29-47)71-66(74-69)48-30-12-3-13-31-48)54-41-23-24-42-55(54)63(60)70-75-67(49-32-14-4-15-33-49)72-68(76-70)50-34-16-5-17-35-50/h1-45H. The highest BCUT2D eigenvalue weighted by molar-refractivity contribution is 6.29. The molecule has 14 rings (SSSR count). The number of anilines is 3. The molecule has 7 nitrogen and oxygen atoms in total. The lowest BCUT2D eigenvalue weighted by molar-refractivity contribution is 1.08. The Morgan fingerprint density at radius 1 is 0.195 bits per heavy atom. The van der Waals surface area contributed by atoms with Crippen LogP contribution in [0.5, 0.6) is 0 Å². The van der Waals surface area contributed by atoms with Crippen molar-refractivity contribution < 1.29 is 0 Å². The van der Waals surface area contributed by atoms with Gasteiger partial charge in [-0.3, -0.25) is 0 Å². The van der Waals surface area contributed by atoms with Crippen molar-refractivity contribution in [2.24, 2.45) is 0 Å². The van der Waals surface area contributed by atoms with Crippen LogP contribution in [-0.2, 0) is 0 Å². The van der Waals surface area contributed by atoms with Crippen molar-refractivity contribution in [2.75, 3.05) is 4.90 Å². The molecule has 0 spiro atoms.